The molecule has 1 heterocycles. The number of aromatic hydroxyl groups is 1. The molecule has 5 heteroatoms. The van der Waals surface area contributed by atoms with Gasteiger partial charge < -0.3 is 20.9 Å². The lowest BCUT2D eigenvalue weighted by molar-refractivity contribution is -0.137. The van der Waals surface area contributed by atoms with Gasteiger partial charge in [0.25, 0.3) is 0 Å². The second kappa shape index (κ2) is 4.70. The summed E-state index contributed by atoms with van der Waals surface area (Å²) >= 11 is 0. The Hall–Kier alpha value is -2.01. The number of carboxylic acids is 1. The van der Waals surface area contributed by atoms with E-state index in [-0.39, 0.29) is 12.2 Å². The molecule has 1 unspecified atom stereocenters. The van der Waals surface area contributed by atoms with E-state index < -0.39 is 12.0 Å². The second-order valence-corrected chi connectivity index (χ2v) is 4.44. The molecule has 0 bridgehead atoms. The maximum Gasteiger partial charge on any atom is 0.303 e. The van der Waals surface area contributed by atoms with Crippen LogP contribution in [0.2, 0.25) is 0 Å². The molecule has 96 valence electrons. The first-order chi connectivity index (χ1) is 8.50. The highest BCUT2D eigenvalue weighted by molar-refractivity contribution is 5.90. The predicted octanol–water partition coefficient (Wildman–Crippen LogP) is 2.05. The fraction of sp³-hybridized carbons (Fsp3) is 0.308. The molecule has 0 saturated heterocycles. The summed E-state index contributed by atoms with van der Waals surface area (Å²) in [5, 5.41) is 19.6. The zero-order valence-electron chi connectivity index (χ0n) is 10.1. The average molecular weight is 248 g/mol. The van der Waals surface area contributed by atoms with Crippen molar-refractivity contribution < 1.29 is 15.0 Å². The Balaban J connectivity index is 2.36. The standard InChI is InChI=1S/C13H16N2O3/c1-7-6-15-10-4-2-8(13(18)12(7)10)9(14)3-5-11(16)17/h2,4,6,9,15,18H,3,5,14H2,1H3,(H,16,17). The quantitative estimate of drug-likeness (QED) is 0.665. The van der Waals surface area contributed by atoms with Crippen molar-refractivity contribution >= 4 is 16.9 Å². The molecular weight excluding hydrogens is 232 g/mol. The van der Waals surface area contributed by atoms with Crippen LogP contribution in [-0.4, -0.2) is 21.2 Å². The molecule has 0 aliphatic heterocycles. The molecular formula is C13H16N2O3. The van der Waals surface area contributed by atoms with Gasteiger partial charge in [0.15, 0.2) is 0 Å². The van der Waals surface area contributed by atoms with Crippen LogP contribution in [0, 0.1) is 6.92 Å². The summed E-state index contributed by atoms with van der Waals surface area (Å²) in [6.07, 6.45) is 2.11. The molecule has 1 atom stereocenters. The maximum absolute atomic E-state index is 10.5. The van der Waals surface area contributed by atoms with E-state index in [9.17, 15) is 9.90 Å². The number of hydrogen-bond acceptors (Lipinski definition) is 3. The first-order valence-corrected chi connectivity index (χ1v) is 5.77. The number of phenols is 1. The van der Waals surface area contributed by atoms with Crippen LogP contribution in [0.3, 0.4) is 0 Å². The molecule has 0 saturated carbocycles. The number of aromatic nitrogens is 1. The SMILES string of the molecule is Cc1c[nH]c2ccc(C(N)CCC(=O)O)c(O)c12. The Morgan fingerprint density at radius 1 is 1.50 bits per heavy atom. The number of aliphatic carboxylic acids is 1. The number of nitrogens with two attached hydrogens (primary N) is 1. The topological polar surface area (TPSA) is 99.3 Å². The summed E-state index contributed by atoms with van der Waals surface area (Å²) < 4.78 is 0. The Kier molecular flexibility index (Phi) is 3.25. The average Bonchev–Trinajstić information content (AvgIpc) is 2.69. The van der Waals surface area contributed by atoms with Gasteiger partial charge in [0.1, 0.15) is 5.75 Å². The highest BCUT2D eigenvalue weighted by Gasteiger charge is 2.16. The van der Waals surface area contributed by atoms with E-state index in [1.165, 1.54) is 0 Å². The number of nitrogens with one attached hydrogen (secondary N) is 1. The van der Waals surface area contributed by atoms with Crippen LogP contribution in [0.4, 0.5) is 0 Å². The molecule has 0 spiro atoms. The smallest absolute Gasteiger partial charge is 0.303 e. The molecule has 2 rings (SSSR count). The summed E-state index contributed by atoms with van der Waals surface area (Å²) in [5.41, 5.74) is 8.30. The largest absolute Gasteiger partial charge is 0.507 e. The minimum absolute atomic E-state index is 0.00916. The van der Waals surface area contributed by atoms with Crippen LogP contribution in [0.25, 0.3) is 10.9 Å². The summed E-state index contributed by atoms with van der Waals surface area (Å²) in [5.74, 6) is -0.743. The van der Waals surface area contributed by atoms with Crippen molar-refractivity contribution in [2.75, 3.05) is 0 Å². The summed E-state index contributed by atoms with van der Waals surface area (Å²) in [7, 11) is 0. The van der Waals surface area contributed by atoms with Gasteiger partial charge in [0, 0.05) is 35.1 Å². The van der Waals surface area contributed by atoms with Crippen molar-refractivity contribution in [3.8, 4) is 5.75 Å². The monoisotopic (exact) mass is 248 g/mol. The third-order valence-corrected chi connectivity index (χ3v) is 3.12. The number of aryl methyl sites for hydroxylation is 1. The summed E-state index contributed by atoms with van der Waals surface area (Å²) in [6.45, 7) is 1.89. The first kappa shape index (κ1) is 12.4. The molecule has 1 aromatic heterocycles. The second-order valence-electron chi connectivity index (χ2n) is 4.44. The number of aromatic amines is 1. The van der Waals surface area contributed by atoms with E-state index >= 15 is 0 Å². The maximum atomic E-state index is 10.5. The van der Waals surface area contributed by atoms with Gasteiger partial charge in [-0.1, -0.05) is 6.07 Å². The van der Waals surface area contributed by atoms with Gasteiger partial charge in [0.05, 0.1) is 0 Å². The number of carbonyl (C=O) groups is 1. The number of benzene rings is 1. The number of phenolic OH excluding ortho intramolecular Hbond substituents is 1. The number of H-pyrrole nitrogens is 1. The van der Waals surface area contributed by atoms with Crippen molar-refractivity contribution in [2.45, 2.75) is 25.8 Å². The predicted molar refractivity (Wildman–Crippen MR) is 68.5 cm³/mol. The van der Waals surface area contributed by atoms with E-state index in [0.717, 1.165) is 16.5 Å². The molecule has 0 amide bonds. The van der Waals surface area contributed by atoms with Crippen LogP contribution in [-0.2, 0) is 4.79 Å². The lowest BCUT2D eigenvalue weighted by Crippen LogP contribution is -2.12. The van der Waals surface area contributed by atoms with Crippen molar-refractivity contribution in [3.63, 3.8) is 0 Å². The molecule has 0 fully saturated rings. The fourth-order valence-electron chi connectivity index (χ4n) is 2.12. The lowest BCUT2D eigenvalue weighted by Gasteiger charge is -2.13. The summed E-state index contributed by atoms with van der Waals surface area (Å²) in [6, 6.07) is 3.11. The molecule has 5 N–H and O–H groups in total. The van der Waals surface area contributed by atoms with Crippen molar-refractivity contribution in [2.24, 2.45) is 5.73 Å². The van der Waals surface area contributed by atoms with Gasteiger partial charge >= 0.3 is 5.97 Å². The van der Waals surface area contributed by atoms with Gasteiger partial charge in [-0.3, -0.25) is 4.79 Å². The number of fused-ring (bicyclic) bond motifs is 1. The van der Waals surface area contributed by atoms with E-state index in [1.807, 2.05) is 19.2 Å². The van der Waals surface area contributed by atoms with Gasteiger partial charge in [-0.05, 0) is 25.0 Å². The third kappa shape index (κ3) is 2.17. The zero-order valence-corrected chi connectivity index (χ0v) is 10.1. The van der Waals surface area contributed by atoms with Crippen molar-refractivity contribution in [1.29, 1.82) is 0 Å². The van der Waals surface area contributed by atoms with Crippen molar-refractivity contribution in [1.82, 2.24) is 4.98 Å². The molecule has 0 aliphatic carbocycles. The molecule has 2 aromatic rings. The van der Waals surface area contributed by atoms with Crippen LogP contribution in [0.15, 0.2) is 18.3 Å². The van der Waals surface area contributed by atoms with Crippen LogP contribution < -0.4 is 5.73 Å². The normalized spacial score (nSPS) is 12.8. The van der Waals surface area contributed by atoms with Crippen molar-refractivity contribution in [3.05, 3.63) is 29.5 Å². The number of rotatable bonds is 4. The molecule has 0 aliphatic rings. The van der Waals surface area contributed by atoms with E-state index in [2.05, 4.69) is 4.98 Å². The highest BCUT2D eigenvalue weighted by Crippen LogP contribution is 2.34. The Bertz CT molecular complexity index is 589. The zero-order chi connectivity index (χ0) is 13.3. The first-order valence-electron chi connectivity index (χ1n) is 5.77. The minimum atomic E-state index is -0.885. The van der Waals surface area contributed by atoms with Gasteiger partial charge in [-0.2, -0.15) is 0 Å². The van der Waals surface area contributed by atoms with E-state index in [0.29, 0.717) is 12.0 Å². The van der Waals surface area contributed by atoms with Gasteiger partial charge in [-0.15, -0.1) is 0 Å². The minimum Gasteiger partial charge on any atom is -0.507 e. The van der Waals surface area contributed by atoms with Crippen LogP contribution >= 0.6 is 0 Å². The molecule has 1 aromatic carbocycles. The highest BCUT2D eigenvalue weighted by atomic mass is 16.4. The van der Waals surface area contributed by atoms with Crippen LogP contribution in [0.5, 0.6) is 5.75 Å². The van der Waals surface area contributed by atoms with Gasteiger partial charge in [-0.25, -0.2) is 0 Å². The summed E-state index contributed by atoms with van der Waals surface area (Å²) in [4.78, 5) is 13.6. The fourth-order valence-corrected chi connectivity index (χ4v) is 2.12. The molecule has 0 radical (unpaired) electrons. The van der Waals surface area contributed by atoms with E-state index in [1.54, 1.807) is 6.07 Å². The molecule has 5 nitrogen and oxygen atoms in total. The number of carboxylic acid groups (broad SMARTS) is 1. The van der Waals surface area contributed by atoms with Crippen LogP contribution in [0.1, 0.15) is 30.0 Å². The Morgan fingerprint density at radius 3 is 2.89 bits per heavy atom. The van der Waals surface area contributed by atoms with Gasteiger partial charge in [0.2, 0.25) is 0 Å². The van der Waals surface area contributed by atoms with E-state index in [4.69, 9.17) is 10.8 Å². The molecule has 18 heavy (non-hydrogen) atoms. The Labute approximate surface area is 104 Å². The number of hydrogen-bond donors (Lipinski definition) is 4. The third-order valence-electron chi connectivity index (χ3n) is 3.12. The Morgan fingerprint density at radius 2 is 2.22 bits per heavy atom. The lowest BCUT2D eigenvalue weighted by atomic mass is 9.99.